The van der Waals surface area contributed by atoms with Crippen molar-refractivity contribution in [3.05, 3.63) is 48.4 Å². The molecule has 0 aliphatic heterocycles. The van der Waals surface area contributed by atoms with Gasteiger partial charge < -0.3 is 5.32 Å². The zero-order chi connectivity index (χ0) is 18.3. The number of nitrogens with zero attached hydrogens (tertiary/aromatic N) is 2. The van der Waals surface area contributed by atoms with Crippen molar-refractivity contribution in [2.75, 3.05) is 0 Å². The van der Waals surface area contributed by atoms with Gasteiger partial charge in [0.25, 0.3) is 0 Å². The number of nitrogens with one attached hydrogen (secondary N) is 1. The molecule has 4 nitrogen and oxygen atoms in total. The quantitative estimate of drug-likeness (QED) is 0.860. The second kappa shape index (κ2) is 6.74. The third kappa shape index (κ3) is 3.38. The average molecular weight is 361 g/mol. The van der Waals surface area contributed by atoms with Crippen LogP contribution >= 0.6 is 0 Å². The molecule has 2 aromatic heterocycles. The summed E-state index contributed by atoms with van der Waals surface area (Å²) in [6, 6.07) is 7.91. The average Bonchev–Trinajstić information content (AvgIpc) is 2.66. The zero-order valence-electron chi connectivity index (χ0n) is 15.7. The number of carbonyl (C=O) groups is 1. The topological polar surface area (TPSA) is 54.9 Å². The fraction of sp³-hybridized carbons (Fsp3) is 0.522. The van der Waals surface area contributed by atoms with Gasteiger partial charge in [0, 0.05) is 37.1 Å². The summed E-state index contributed by atoms with van der Waals surface area (Å²) in [7, 11) is 0. The van der Waals surface area contributed by atoms with Crippen molar-refractivity contribution < 1.29 is 4.79 Å². The van der Waals surface area contributed by atoms with Crippen LogP contribution in [-0.4, -0.2) is 15.9 Å². The van der Waals surface area contributed by atoms with E-state index >= 15 is 0 Å². The standard InChI is InChI=1S/C23H27N3O/c27-21(14-23-11-16-8-17(12-23)10-18(9-16)13-23)26-15-20-2-1-5-25-22(20)19-3-6-24-7-4-19/h1-7,16-18H,8-15H2,(H,26,27). The van der Waals surface area contributed by atoms with Gasteiger partial charge in [0.15, 0.2) is 0 Å². The van der Waals surface area contributed by atoms with Crippen LogP contribution in [0.5, 0.6) is 0 Å². The summed E-state index contributed by atoms with van der Waals surface area (Å²) < 4.78 is 0. The summed E-state index contributed by atoms with van der Waals surface area (Å²) in [5.41, 5.74) is 3.32. The normalized spacial score (nSPS) is 31.0. The molecular formula is C23H27N3O. The molecule has 140 valence electrons. The lowest BCUT2D eigenvalue weighted by Crippen LogP contribution is -2.47. The lowest BCUT2D eigenvalue weighted by molar-refractivity contribution is -0.129. The van der Waals surface area contributed by atoms with Gasteiger partial charge in [-0.1, -0.05) is 6.07 Å². The van der Waals surface area contributed by atoms with Gasteiger partial charge in [0.2, 0.25) is 5.91 Å². The predicted molar refractivity (Wildman–Crippen MR) is 105 cm³/mol. The Balaban J connectivity index is 1.26. The van der Waals surface area contributed by atoms with Crippen LogP contribution in [0.4, 0.5) is 0 Å². The molecule has 0 unspecified atom stereocenters. The smallest absolute Gasteiger partial charge is 0.220 e. The minimum atomic E-state index is 0.210. The highest BCUT2D eigenvalue weighted by Gasteiger charge is 2.51. The number of rotatable bonds is 5. The summed E-state index contributed by atoms with van der Waals surface area (Å²) in [4.78, 5) is 21.4. The molecule has 4 aliphatic carbocycles. The Morgan fingerprint density at radius 2 is 1.67 bits per heavy atom. The molecule has 4 fully saturated rings. The van der Waals surface area contributed by atoms with E-state index in [0.717, 1.165) is 34.6 Å². The van der Waals surface area contributed by atoms with Gasteiger partial charge in [-0.15, -0.1) is 0 Å². The van der Waals surface area contributed by atoms with E-state index in [4.69, 9.17) is 0 Å². The second-order valence-electron chi connectivity index (χ2n) is 9.12. The maximum absolute atomic E-state index is 12.8. The summed E-state index contributed by atoms with van der Waals surface area (Å²) in [5.74, 6) is 2.88. The fourth-order valence-electron chi connectivity index (χ4n) is 6.45. The third-order valence-corrected chi connectivity index (χ3v) is 7.02. The van der Waals surface area contributed by atoms with E-state index in [-0.39, 0.29) is 5.91 Å². The molecule has 27 heavy (non-hydrogen) atoms. The largest absolute Gasteiger partial charge is 0.352 e. The third-order valence-electron chi connectivity index (χ3n) is 7.02. The van der Waals surface area contributed by atoms with Crippen LogP contribution in [0.1, 0.15) is 50.5 Å². The SMILES string of the molecule is O=C(CC12CC3CC(CC(C3)C1)C2)NCc1cccnc1-c1ccncc1. The van der Waals surface area contributed by atoms with Crippen molar-refractivity contribution >= 4 is 5.91 Å². The highest BCUT2D eigenvalue weighted by molar-refractivity contribution is 5.77. The first-order valence-corrected chi connectivity index (χ1v) is 10.3. The molecule has 0 spiro atoms. The minimum absolute atomic E-state index is 0.210. The van der Waals surface area contributed by atoms with Crippen LogP contribution in [0.25, 0.3) is 11.3 Å². The molecule has 2 aromatic rings. The molecule has 1 N–H and O–H groups in total. The Kier molecular flexibility index (Phi) is 4.22. The van der Waals surface area contributed by atoms with Crippen molar-refractivity contribution in [3.8, 4) is 11.3 Å². The molecule has 4 saturated carbocycles. The summed E-state index contributed by atoms with van der Waals surface area (Å²) >= 11 is 0. The van der Waals surface area contributed by atoms with Crippen LogP contribution in [0.3, 0.4) is 0 Å². The lowest BCUT2D eigenvalue weighted by atomic mass is 9.49. The van der Waals surface area contributed by atoms with E-state index in [1.807, 2.05) is 24.3 Å². The summed E-state index contributed by atoms with van der Waals surface area (Å²) in [5, 5.41) is 3.19. The Hall–Kier alpha value is -2.23. The number of aromatic nitrogens is 2. The molecular weight excluding hydrogens is 334 g/mol. The molecule has 0 saturated heterocycles. The van der Waals surface area contributed by atoms with E-state index in [2.05, 4.69) is 15.3 Å². The first kappa shape index (κ1) is 16.9. The maximum Gasteiger partial charge on any atom is 0.220 e. The van der Waals surface area contributed by atoms with Crippen molar-refractivity contribution in [2.45, 2.75) is 51.5 Å². The molecule has 4 aliphatic rings. The monoisotopic (exact) mass is 361 g/mol. The second-order valence-corrected chi connectivity index (χ2v) is 9.12. The van der Waals surface area contributed by atoms with Crippen LogP contribution in [0, 0.1) is 23.2 Å². The van der Waals surface area contributed by atoms with Gasteiger partial charge in [0.1, 0.15) is 0 Å². The van der Waals surface area contributed by atoms with E-state index in [0.29, 0.717) is 18.4 Å². The Morgan fingerprint density at radius 3 is 2.33 bits per heavy atom. The Bertz CT molecular complexity index is 797. The first-order valence-electron chi connectivity index (χ1n) is 10.3. The van der Waals surface area contributed by atoms with E-state index in [1.165, 1.54) is 38.5 Å². The highest BCUT2D eigenvalue weighted by atomic mass is 16.1. The number of pyridine rings is 2. The van der Waals surface area contributed by atoms with Crippen molar-refractivity contribution in [2.24, 2.45) is 23.2 Å². The Labute approximate surface area is 160 Å². The summed E-state index contributed by atoms with van der Waals surface area (Å²) in [6.45, 7) is 0.538. The predicted octanol–water partition coefficient (Wildman–Crippen LogP) is 4.37. The van der Waals surface area contributed by atoms with Crippen molar-refractivity contribution in [1.29, 1.82) is 0 Å². The van der Waals surface area contributed by atoms with E-state index in [1.54, 1.807) is 18.6 Å². The highest BCUT2D eigenvalue weighted by Crippen LogP contribution is 2.61. The molecule has 2 heterocycles. The molecule has 4 bridgehead atoms. The minimum Gasteiger partial charge on any atom is -0.352 e. The van der Waals surface area contributed by atoms with Gasteiger partial charge in [-0.2, -0.15) is 0 Å². The molecule has 0 atom stereocenters. The summed E-state index contributed by atoms with van der Waals surface area (Å²) in [6.07, 6.45) is 14.2. The lowest BCUT2D eigenvalue weighted by Gasteiger charge is -2.56. The molecule has 1 amide bonds. The maximum atomic E-state index is 12.8. The first-order chi connectivity index (χ1) is 13.2. The van der Waals surface area contributed by atoms with Gasteiger partial charge in [0.05, 0.1) is 5.69 Å². The number of carbonyl (C=O) groups excluding carboxylic acids is 1. The van der Waals surface area contributed by atoms with E-state index < -0.39 is 0 Å². The van der Waals surface area contributed by atoms with Crippen LogP contribution in [0.15, 0.2) is 42.9 Å². The van der Waals surface area contributed by atoms with Crippen molar-refractivity contribution in [1.82, 2.24) is 15.3 Å². The van der Waals surface area contributed by atoms with Gasteiger partial charge in [-0.3, -0.25) is 14.8 Å². The fourth-order valence-corrected chi connectivity index (χ4v) is 6.45. The van der Waals surface area contributed by atoms with Crippen LogP contribution < -0.4 is 5.32 Å². The van der Waals surface area contributed by atoms with Crippen LogP contribution in [0.2, 0.25) is 0 Å². The number of hydrogen-bond acceptors (Lipinski definition) is 3. The molecule has 6 rings (SSSR count). The van der Waals surface area contributed by atoms with Gasteiger partial charge >= 0.3 is 0 Å². The van der Waals surface area contributed by atoms with Crippen molar-refractivity contribution in [3.63, 3.8) is 0 Å². The number of hydrogen-bond donors (Lipinski definition) is 1. The Morgan fingerprint density at radius 1 is 1.00 bits per heavy atom. The van der Waals surface area contributed by atoms with Gasteiger partial charge in [-0.05, 0) is 85.5 Å². The van der Waals surface area contributed by atoms with Gasteiger partial charge in [-0.25, -0.2) is 0 Å². The molecule has 4 heteroatoms. The zero-order valence-corrected chi connectivity index (χ0v) is 15.7. The van der Waals surface area contributed by atoms with Crippen LogP contribution in [-0.2, 0) is 11.3 Å². The molecule has 0 radical (unpaired) electrons. The van der Waals surface area contributed by atoms with E-state index in [9.17, 15) is 4.79 Å². The molecule has 0 aromatic carbocycles. The number of amides is 1.